The largest absolute Gasteiger partial charge is 0.325 e. The summed E-state index contributed by atoms with van der Waals surface area (Å²) in [5.41, 5.74) is 0.312. The topological polar surface area (TPSA) is 78.5 Å². The molecule has 2 N–H and O–H groups in total. The van der Waals surface area contributed by atoms with Gasteiger partial charge in [0.15, 0.2) is 0 Å². The maximum atomic E-state index is 13.4. The van der Waals surface area contributed by atoms with E-state index in [1.807, 2.05) is 36.4 Å². The molecule has 1 aliphatic heterocycles. The van der Waals surface area contributed by atoms with Gasteiger partial charge in [0, 0.05) is 5.69 Å². The molecule has 0 aliphatic carbocycles. The number of urea groups is 1. The third-order valence-electron chi connectivity index (χ3n) is 5.38. The Morgan fingerprint density at radius 2 is 1.80 bits per heavy atom. The zero-order chi connectivity index (χ0) is 21.5. The quantitative estimate of drug-likeness (QED) is 0.650. The van der Waals surface area contributed by atoms with E-state index in [0.29, 0.717) is 16.8 Å². The first-order chi connectivity index (χ1) is 14.3. The van der Waals surface area contributed by atoms with Gasteiger partial charge in [-0.2, -0.15) is 0 Å². The van der Waals surface area contributed by atoms with Crippen LogP contribution in [0.4, 0.5) is 14.9 Å². The monoisotopic (exact) mass is 405 g/mol. The highest BCUT2D eigenvalue weighted by Gasteiger charge is 2.49. The molecule has 4 rings (SSSR count). The zero-order valence-electron chi connectivity index (χ0n) is 16.5. The Morgan fingerprint density at radius 3 is 2.57 bits per heavy atom. The Hall–Kier alpha value is -3.74. The molecule has 152 valence electrons. The maximum Gasteiger partial charge on any atom is 0.325 e. The Labute approximate surface area is 172 Å². The number of nitrogens with zero attached hydrogens (tertiary/aromatic N) is 1. The van der Waals surface area contributed by atoms with Crippen molar-refractivity contribution in [3.63, 3.8) is 0 Å². The first kappa shape index (κ1) is 19.6. The Balaban J connectivity index is 1.55. The van der Waals surface area contributed by atoms with Gasteiger partial charge in [0.1, 0.15) is 17.9 Å². The lowest BCUT2D eigenvalue weighted by molar-refractivity contribution is -0.133. The number of carbonyl (C=O) groups is 3. The molecule has 1 saturated heterocycles. The summed E-state index contributed by atoms with van der Waals surface area (Å²) in [6, 6.07) is 16.6. The SMILES string of the molecule is Cc1ccc(F)cc1NC(=O)CN1C(=O)NC(C)(c2ccc3ccccc3c2)C1=O. The van der Waals surface area contributed by atoms with Crippen LogP contribution >= 0.6 is 0 Å². The molecular formula is C23H20FN3O3. The van der Waals surface area contributed by atoms with E-state index in [4.69, 9.17) is 0 Å². The van der Waals surface area contributed by atoms with E-state index in [9.17, 15) is 18.8 Å². The molecule has 0 bridgehead atoms. The minimum atomic E-state index is -1.28. The van der Waals surface area contributed by atoms with Crippen molar-refractivity contribution in [2.45, 2.75) is 19.4 Å². The van der Waals surface area contributed by atoms with Crippen molar-refractivity contribution in [2.24, 2.45) is 0 Å². The second-order valence-electron chi connectivity index (χ2n) is 7.52. The Bertz CT molecular complexity index is 1190. The first-order valence-electron chi connectivity index (χ1n) is 9.47. The number of halogens is 1. The van der Waals surface area contributed by atoms with Crippen molar-refractivity contribution >= 4 is 34.3 Å². The maximum absolute atomic E-state index is 13.4. The summed E-state index contributed by atoms with van der Waals surface area (Å²) < 4.78 is 13.4. The molecule has 1 fully saturated rings. The first-order valence-corrected chi connectivity index (χ1v) is 9.47. The highest BCUT2D eigenvalue weighted by atomic mass is 19.1. The molecule has 1 heterocycles. The van der Waals surface area contributed by atoms with E-state index in [-0.39, 0.29) is 0 Å². The number of hydrogen-bond donors (Lipinski definition) is 2. The van der Waals surface area contributed by atoms with Crippen LogP contribution in [-0.2, 0) is 15.1 Å². The molecule has 6 nitrogen and oxygen atoms in total. The van der Waals surface area contributed by atoms with Gasteiger partial charge < -0.3 is 10.6 Å². The van der Waals surface area contributed by atoms with Gasteiger partial charge in [-0.05, 0) is 53.9 Å². The molecule has 0 aromatic heterocycles. The van der Waals surface area contributed by atoms with Crippen molar-refractivity contribution in [1.82, 2.24) is 10.2 Å². The zero-order valence-corrected chi connectivity index (χ0v) is 16.5. The van der Waals surface area contributed by atoms with Crippen molar-refractivity contribution in [2.75, 3.05) is 11.9 Å². The van der Waals surface area contributed by atoms with Gasteiger partial charge in [-0.25, -0.2) is 9.18 Å². The molecule has 0 spiro atoms. The predicted molar refractivity (Wildman–Crippen MR) is 111 cm³/mol. The molecule has 3 aromatic rings. The summed E-state index contributed by atoms with van der Waals surface area (Å²) in [5, 5.41) is 7.21. The fourth-order valence-corrected chi connectivity index (χ4v) is 3.60. The number of fused-ring (bicyclic) bond motifs is 1. The van der Waals surface area contributed by atoms with Gasteiger partial charge in [-0.1, -0.05) is 42.5 Å². The minimum Gasteiger partial charge on any atom is -0.324 e. The van der Waals surface area contributed by atoms with Crippen LogP contribution in [0.1, 0.15) is 18.1 Å². The molecule has 1 unspecified atom stereocenters. The standard InChI is InChI=1S/C23H20FN3O3/c1-14-7-10-18(24)12-19(14)25-20(28)13-27-21(29)23(2,26-22(27)30)17-9-8-15-5-3-4-6-16(15)11-17/h3-12H,13H2,1-2H3,(H,25,28)(H,26,30). The molecule has 7 heteroatoms. The van der Waals surface area contributed by atoms with Gasteiger partial charge in [0.05, 0.1) is 0 Å². The highest BCUT2D eigenvalue weighted by molar-refractivity contribution is 6.10. The van der Waals surface area contributed by atoms with Gasteiger partial charge in [-0.3, -0.25) is 14.5 Å². The number of rotatable bonds is 4. The third kappa shape index (κ3) is 3.39. The summed E-state index contributed by atoms with van der Waals surface area (Å²) in [6.45, 7) is 2.87. The lowest BCUT2D eigenvalue weighted by Gasteiger charge is -2.22. The summed E-state index contributed by atoms with van der Waals surface area (Å²) in [5.74, 6) is -1.60. The number of carbonyl (C=O) groups excluding carboxylic acids is 3. The third-order valence-corrected chi connectivity index (χ3v) is 5.38. The molecule has 0 saturated carbocycles. The molecule has 30 heavy (non-hydrogen) atoms. The van der Waals surface area contributed by atoms with Crippen LogP contribution in [0.3, 0.4) is 0 Å². The number of anilines is 1. The van der Waals surface area contributed by atoms with Gasteiger partial charge in [-0.15, -0.1) is 0 Å². The van der Waals surface area contributed by atoms with Crippen molar-refractivity contribution in [3.05, 3.63) is 77.6 Å². The number of imide groups is 1. The van der Waals surface area contributed by atoms with Gasteiger partial charge in [0.25, 0.3) is 5.91 Å². The summed E-state index contributed by atoms with van der Waals surface area (Å²) in [4.78, 5) is 38.9. The minimum absolute atomic E-state index is 0.296. The number of nitrogens with one attached hydrogen (secondary N) is 2. The van der Waals surface area contributed by atoms with Crippen LogP contribution in [0.25, 0.3) is 10.8 Å². The Kier molecular flexibility index (Phi) is 4.73. The fourth-order valence-electron chi connectivity index (χ4n) is 3.60. The van der Waals surface area contributed by atoms with Crippen LogP contribution in [0.5, 0.6) is 0 Å². The lowest BCUT2D eigenvalue weighted by atomic mass is 9.90. The molecule has 1 aliphatic rings. The van der Waals surface area contributed by atoms with Gasteiger partial charge in [0.2, 0.25) is 5.91 Å². The van der Waals surface area contributed by atoms with Crippen LogP contribution in [-0.4, -0.2) is 29.3 Å². The second kappa shape index (κ2) is 7.26. The van der Waals surface area contributed by atoms with Crippen LogP contribution in [0, 0.1) is 12.7 Å². The normalized spacial score (nSPS) is 18.6. The van der Waals surface area contributed by atoms with Gasteiger partial charge >= 0.3 is 6.03 Å². The van der Waals surface area contributed by atoms with E-state index in [0.717, 1.165) is 15.7 Å². The van der Waals surface area contributed by atoms with Crippen molar-refractivity contribution in [1.29, 1.82) is 0 Å². The van der Waals surface area contributed by atoms with Crippen molar-refractivity contribution < 1.29 is 18.8 Å². The van der Waals surface area contributed by atoms with Crippen LogP contribution < -0.4 is 10.6 Å². The predicted octanol–water partition coefficient (Wildman–Crippen LogP) is 3.69. The molecular weight excluding hydrogens is 385 g/mol. The average Bonchev–Trinajstić information content (AvgIpc) is 2.94. The highest BCUT2D eigenvalue weighted by Crippen LogP contribution is 2.31. The number of aryl methyl sites for hydroxylation is 1. The van der Waals surface area contributed by atoms with E-state index < -0.39 is 35.7 Å². The fraction of sp³-hybridized carbons (Fsp3) is 0.174. The number of hydrogen-bond acceptors (Lipinski definition) is 3. The average molecular weight is 405 g/mol. The molecule has 1 atom stereocenters. The second-order valence-corrected chi connectivity index (χ2v) is 7.52. The smallest absolute Gasteiger partial charge is 0.324 e. The Morgan fingerprint density at radius 1 is 1.07 bits per heavy atom. The van der Waals surface area contributed by atoms with Crippen LogP contribution in [0.15, 0.2) is 60.7 Å². The van der Waals surface area contributed by atoms with E-state index >= 15 is 0 Å². The summed E-state index contributed by atoms with van der Waals surface area (Å²) >= 11 is 0. The summed E-state index contributed by atoms with van der Waals surface area (Å²) in [6.07, 6.45) is 0. The molecule has 0 radical (unpaired) electrons. The van der Waals surface area contributed by atoms with E-state index in [2.05, 4.69) is 10.6 Å². The van der Waals surface area contributed by atoms with Crippen LogP contribution in [0.2, 0.25) is 0 Å². The number of amides is 4. The number of benzene rings is 3. The summed E-state index contributed by atoms with van der Waals surface area (Å²) in [7, 11) is 0. The van der Waals surface area contributed by atoms with E-state index in [1.54, 1.807) is 19.9 Å². The van der Waals surface area contributed by atoms with E-state index in [1.165, 1.54) is 18.2 Å². The lowest BCUT2D eigenvalue weighted by Crippen LogP contribution is -2.42. The van der Waals surface area contributed by atoms with Crippen molar-refractivity contribution in [3.8, 4) is 0 Å². The molecule has 4 amide bonds. The molecule has 3 aromatic carbocycles.